The number of para-hydroxylation sites is 1. The van der Waals surface area contributed by atoms with Crippen molar-refractivity contribution in [1.29, 1.82) is 0 Å². The third-order valence-electron chi connectivity index (χ3n) is 4.67. The first-order valence-electron chi connectivity index (χ1n) is 9.96. The Hall–Kier alpha value is -0.414. The summed E-state index contributed by atoms with van der Waals surface area (Å²) in [6.45, 7) is 2.19. The molecule has 0 aliphatic heterocycles. The predicted octanol–water partition coefficient (Wildman–Crippen LogP) is 2.49. The maximum absolute atomic E-state index is 12.7. The topological polar surface area (TPSA) is 86.7 Å². The minimum absolute atomic E-state index is 0. The standard InChI is InChI=1S/C22H30O5S.K/c1-2-3-4-5-6-7-8-10-13-18-16-20(28(24,25)26)17-21(22(18)23)27-19-14-11-9-12-15-19;/h9,11-12,14-17,23H,2-8,10,13H2,1H3,(H,24,25,26);/q;+1/p-1. The van der Waals surface area contributed by atoms with Crippen molar-refractivity contribution in [2.45, 2.75) is 69.6 Å². The maximum atomic E-state index is 12.7. The Labute approximate surface area is 217 Å². The van der Waals surface area contributed by atoms with E-state index in [2.05, 4.69) is 6.92 Å². The van der Waals surface area contributed by atoms with Crippen LogP contribution in [-0.2, 0) is 16.5 Å². The van der Waals surface area contributed by atoms with Crippen LogP contribution in [0.4, 0.5) is 0 Å². The fraction of sp³-hybridized carbons (Fsp3) is 0.455. The molecule has 0 unspecified atom stereocenters. The zero-order chi connectivity index (χ0) is 20.4. The van der Waals surface area contributed by atoms with Crippen molar-refractivity contribution in [3.05, 3.63) is 48.0 Å². The van der Waals surface area contributed by atoms with Crippen molar-refractivity contribution in [2.24, 2.45) is 0 Å². The third kappa shape index (κ3) is 9.51. The molecule has 0 aliphatic rings. The second-order valence-corrected chi connectivity index (χ2v) is 8.45. The van der Waals surface area contributed by atoms with Gasteiger partial charge in [0.1, 0.15) is 11.5 Å². The quantitative estimate of drug-likeness (QED) is 0.309. The van der Waals surface area contributed by atoms with Gasteiger partial charge < -0.3 is 9.84 Å². The molecule has 0 saturated heterocycles. The van der Waals surface area contributed by atoms with Gasteiger partial charge in [0.15, 0.2) is 0 Å². The Morgan fingerprint density at radius 2 is 1.52 bits per heavy atom. The van der Waals surface area contributed by atoms with E-state index in [1.54, 1.807) is 24.3 Å². The van der Waals surface area contributed by atoms with Gasteiger partial charge in [-0.1, -0.05) is 81.4 Å². The number of aryl methyl sites for hydroxylation is 1. The zero-order valence-electron chi connectivity index (χ0n) is 17.4. The second-order valence-electron chi connectivity index (χ2n) is 7.02. The molecule has 0 amide bonds. The van der Waals surface area contributed by atoms with Crippen molar-refractivity contribution in [1.82, 2.24) is 0 Å². The molecule has 0 bridgehead atoms. The Kier molecular flexibility index (Phi) is 12.7. The molecule has 0 radical (unpaired) electrons. The smallest absolute Gasteiger partial charge is 0.870 e. The molecular formula is C22H29KO5S. The van der Waals surface area contributed by atoms with Gasteiger partial charge in [-0.15, -0.1) is 0 Å². The fourth-order valence-corrected chi connectivity index (χ4v) is 3.65. The van der Waals surface area contributed by atoms with Gasteiger partial charge in [-0.2, -0.15) is 8.42 Å². The summed E-state index contributed by atoms with van der Waals surface area (Å²) in [6.07, 6.45) is 9.50. The second kappa shape index (κ2) is 13.8. The molecule has 0 atom stereocenters. The van der Waals surface area contributed by atoms with Gasteiger partial charge in [0.05, 0.1) is 4.90 Å². The molecule has 0 saturated carbocycles. The average Bonchev–Trinajstić information content (AvgIpc) is 2.66. The molecule has 0 spiro atoms. The number of unbranched alkanes of at least 4 members (excludes halogenated alkanes) is 7. The summed E-state index contributed by atoms with van der Waals surface area (Å²) in [5.74, 6) is 0.0141. The summed E-state index contributed by atoms with van der Waals surface area (Å²) in [7, 11) is -4.42. The average molecular weight is 445 g/mol. The van der Waals surface area contributed by atoms with E-state index in [0.717, 1.165) is 25.3 Å². The van der Waals surface area contributed by atoms with E-state index in [0.29, 0.717) is 17.7 Å². The minimum Gasteiger partial charge on any atom is -0.870 e. The van der Waals surface area contributed by atoms with Crippen LogP contribution in [0.25, 0.3) is 0 Å². The molecule has 0 fully saturated rings. The van der Waals surface area contributed by atoms with Crippen LogP contribution in [-0.4, -0.2) is 13.0 Å². The summed E-state index contributed by atoms with van der Waals surface area (Å²) < 4.78 is 38.2. The Balaban J connectivity index is 0.00000420. The van der Waals surface area contributed by atoms with Crippen LogP contribution >= 0.6 is 0 Å². The van der Waals surface area contributed by atoms with E-state index in [1.165, 1.54) is 38.2 Å². The summed E-state index contributed by atoms with van der Waals surface area (Å²) >= 11 is 0. The van der Waals surface area contributed by atoms with E-state index in [-0.39, 0.29) is 67.8 Å². The Bertz CT molecular complexity index is 838. The molecular weight excluding hydrogens is 415 g/mol. The number of hydrogen-bond acceptors (Lipinski definition) is 4. The van der Waals surface area contributed by atoms with E-state index in [4.69, 9.17) is 4.74 Å². The van der Waals surface area contributed by atoms with Crippen molar-refractivity contribution in [3.8, 4) is 17.2 Å². The van der Waals surface area contributed by atoms with Crippen LogP contribution in [0.5, 0.6) is 17.2 Å². The first kappa shape index (κ1) is 26.6. The first-order valence-corrected chi connectivity index (χ1v) is 11.4. The Morgan fingerprint density at radius 3 is 2.10 bits per heavy atom. The summed E-state index contributed by atoms with van der Waals surface area (Å²) in [6, 6.07) is 11.0. The summed E-state index contributed by atoms with van der Waals surface area (Å²) in [5, 5.41) is 12.7. The number of ether oxygens (including phenoxy) is 1. The van der Waals surface area contributed by atoms with Gasteiger partial charge in [-0.3, -0.25) is 4.55 Å². The molecule has 2 aromatic carbocycles. The van der Waals surface area contributed by atoms with Crippen LogP contribution in [0.2, 0.25) is 0 Å². The van der Waals surface area contributed by atoms with Crippen molar-refractivity contribution in [2.75, 3.05) is 0 Å². The first-order chi connectivity index (χ1) is 13.4. The van der Waals surface area contributed by atoms with E-state index in [9.17, 15) is 18.1 Å². The third-order valence-corrected chi connectivity index (χ3v) is 5.51. The molecule has 0 heterocycles. The van der Waals surface area contributed by atoms with Crippen LogP contribution in [0.3, 0.4) is 0 Å². The summed E-state index contributed by atoms with van der Waals surface area (Å²) in [5.41, 5.74) is 0.354. The summed E-state index contributed by atoms with van der Waals surface area (Å²) in [4.78, 5) is -0.312. The molecule has 1 N–H and O–H groups in total. The van der Waals surface area contributed by atoms with E-state index < -0.39 is 10.1 Å². The van der Waals surface area contributed by atoms with Gasteiger partial charge in [-0.25, -0.2) is 0 Å². The molecule has 7 heteroatoms. The molecule has 0 aliphatic carbocycles. The van der Waals surface area contributed by atoms with Gasteiger partial charge >= 0.3 is 51.4 Å². The van der Waals surface area contributed by atoms with Crippen molar-refractivity contribution < 1.29 is 74.2 Å². The van der Waals surface area contributed by atoms with Crippen LogP contribution in [0.1, 0.15) is 63.9 Å². The molecule has 2 rings (SSSR count). The number of benzene rings is 2. The predicted molar refractivity (Wildman–Crippen MR) is 109 cm³/mol. The van der Waals surface area contributed by atoms with Crippen molar-refractivity contribution >= 4 is 10.1 Å². The number of hydrogen-bond donors (Lipinski definition) is 1. The minimum atomic E-state index is -4.42. The largest absolute Gasteiger partial charge is 1.00 e. The number of rotatable bonds is 12. The molecule has 29 heavy (non-hydrogen) atoms. The van der Waals surface area contributed by atoms with Gasteiger partial charge in [0.25, 0.3) is 10.1 Å². The van der Waals surface area contributed by atoms with E-state index >= 15 is 0 Å². The molecule has 0 aromatic heterocycles. The van der Waals surface area contributed by atoms with Crippen LogP contribution < -0.4 is 61.2 Å². The van der Waals surface area contributed by atoms with E-state index in [1.807, 2.05) is 6.07 Å². The Morgan fingerprint density at radius 1 is 0.931 bits per heavy atom. The fourth-order valence-electron chi connectivity index (χ4n) is 3.11. The zero-order valence-corrected chi connectivity index (χ0v) is 21.3. The van der Waals surface area contributed by atoms with Crippen LogP contribution in [0.15, 0.2) is 47.4 Å². The SMILES string of the molecule is CCCCCCCCCCc1cc(S(=O)(=O)O)cc(Oc2ccccc2)c1[O-].[K+]. The monoisotopic (exact) mass is 444 g/mol. The van der Waals surface area contributed by atoms with Crippen molar-refractivity contribution in [3.63, 3.8) is 0 Å². The maximum Gasteiger partial charge on any atom is 1.00 e. The van der Waals surface area contributed by atoms with Gasteiger partial charge in [0.2, 0.25) is 0 Å². The van der Waals surface area contributed by atoms with Gasteiger partial charge in [-0.05, 0) is 31.0 Å². The molecule has 5 nitrogen and oxygen atoms in total. The van der Waals surface area contributed by atoms with Crippen LogP contribution in [0, 0.1) is 0 Å². The molecule has 154 valence electrons. The molecule has 2 aromatic rings. The van der Waals surface area contributed by atoms with Gasteiger partial charge in [0, 0.05) is 6.07 Å². The normalized spacial score (nSPS) is 11.1.